The lowest BCUT2D eigenvalue weighted by molar-refractivity contribution is -0.137. The zero-order chi connectivity index (χ0) is 23.0. The molecule has 0 N–H and O–H groups in total. The van der Waals surface area contributed by atoms with Crippen molar-refractivity contribution in [3.63, 3.8) is 0 Å². The minimum Gasteiger partial charge on any atom is -0.481 e. The van der Waals surface area contributed by atoms with Gasteiger partial charge in [-0.15, -0.1) is 0 Å². The van der Waals surface area contributed by atoms with E-state index in [1.165, 1.54) is 24.2 Å². The number of unbranched alkanes of at least 4 members (excludes halogenated alkanes) is 1. The summed E-state index contributed by atoms with van der Waals surface area (Å²) in [6.07, 6.45) is 3.12. The van der Waals surface area contributed by atoms with E-state index in [1.54, 1.807) is 32.9 Å². The molecule has 0 aliphatic carbocycles. The Morgan fingerprint density at radius 1 is 1.32 bits per heavy atom. The molecule has 1 fully saturated rings. The predicted molar refractivity (Wildman–Crippen MR) is 114 cm³/mol. The molecule has 0 radical (unpaired) electrons. The molecule has 0 aromatic carbocycles. The van der Waals surface area contributed by atoms with Gasteiger partial charge in [-0.3, -0.25) is 9.69 Å². The standard InChI is InChI=1S/C22H30N2O7/c1-6-7-12-29-18(25)11-9-15-8-10-17(28-5)23-19(15)24(20(26)22(2,3)4)13-16-14-30-21(27)31-16/h8-11,16H,6-7,12-14H2,1-5H3. The normalized spacial score (nSPS) is 16.0. The van der Waals surface area contributed by atoms with Crippen LogP contribution in [0.15, 0.2) is 18.2 Å². The van der Waals surface area contributed by atoms with Gasteiger partial charge < -0.3 is 18.9 Å². The number of carbonyl (C=O) groups is 3. The van der Waals surface area contributed by atoms with Crippen molar-refractivity contribution >= 4 is 29.9 Å². The minimum atomic E-state index is -0.776. The second-order valence-electron chi connectivity index (χ2n) is 8.09. The number of anilines is 1. The molecule has 2 heterocycles. The van der Waals surface area contributed by atoms with E-state index in [-0.39, 0.29) is 24.9 Å². The van der Waals surface area contributed by atoms with Crippen molar-refractivity contribution in [2.45, 2.75) is 46.6 Å². The van der Waals surface area contributed by atoms with Crippen LogP contribution < -0.4 is 9.64 Å². The Kier molecular flexibility index (Phi) is 8.41. The first-order valence-electron chi connectivity index (χ1n) is 10.2. The summed E-state index contributed by atoms with van der Waals surface area (Å²) >= 11 is 0. The summed E-state index contributed by atoms with van der Waals surface area (Å²) in [5.41, 5.74) is -0.232. The maximum absolute atomic E-state index is 13.2. The van der Waals surface area contributed by atoms with Crippen LogP contribution in [0, 0.1) is 5.41 Å². The van der Waals surface area contributed by atoms with E-state index in [1.807, 2.05) is 6.92 Å². The first kappa shape index (κ1) is 24.2. The molecule has 0 bridgehead atoms. The molecule has 9 heteroatoms. The zero-order valence-corrected chi connectivity index (χ0v) is 18.7. The largest absolute Gasteiger partial charge is 0.508 e. The fourth-order valence-electron chi connectivity index (χ4n) is 2.75. The van der Waals surface area contributed by atoms with Gasteiger partial charge in [0.25, 0.3) is 0 Å². The number of cyclic esters (lactones) is 2. The minimum absolute atomic E-state index is 0.0334. The molecule has 1 saturated heterocycles. The SMILES string of the molecule is CCCCOC(=O)C=Cc1ccc(OC)nc1N(CC1COC(=O)O1)C(=O)C(C)(C)C. The number of rotatable bonds is 9. The van der Waals surface area contributed by atoms with Gasteiger partial charge in [0.05, 0.1) is 20.3 Å². The smallest absolute Gasteiger partial charge is 0.481 e. The van der Waals surface area contributed by atoms with Crippen molar-refractivity contribution in [2.24, 2.45) is 5.41 Å². The first-order valence-corrected chi connectivity index (χ1v) is 10.2. The Morgan fingerprint density at radius 3 is 2.65 bits per heavy atom. The molecule has 9 nitrogen and oxygen atoms in total. The van der Waals surface area contributed by atoms with Crippen LogP contribution in [0.2, 0.25) is 0 Å². The van der Waals surface area contributed by atoms with E-state index < -0.39 is 23.6 Å². The molecule has 1 atom stereocenters. The Hall–Kier alpha value is -3.10. The Balaban J connectivity index is 2.38. The fraction of sp³-hybridized carbons (Fsp3) is 0.545. The van der Waals surface area contributed by atoms with Crippen LogP contribution in [0.1, 0.15) is 46.1 Å². The molecule has 0 saturated carbocycles. The van der Waals surface area contributed by atoms with Gasteiger partial charge in [-0.05, 0) is 18.6 Å². The molecule has 31 heavy (non-hydrogen) atoms. The summed E-state index contributed by atoms with van der Waals surface area (Å²) in [4.78, 5) is 42.5. The number of hydrogen-bond donors (Lipinski definition) is 0. The lowest BCUT2D eigenvalue weighted by Crippen LogP contribution is -2.45. The molecule has 1 unspecified atom stereocenters. The van der Waals surface area contributed by atoms with E-state index >= 15 is 0 Å². The molecular formula is C22H30N2O7. The van der Waals surface area contributed by atoms with Crippen molar-refractivity contribution in [3.8, 4) is 5.88 Å². The highest BCUT2D eigenvalue weighted by Gasteiger charge is 2.35. The number of amides is 1. The van der Waals surface area contributed by atoms with E-state index in [0.717, 1.165) is 12.8 Å². The summed E-state index contributed by atoms with van der Waals surface area (Å²) in [5.74, 6) is -0.151. The lowest BCUT2D eigenvalue weighted by Gasteiger charge is -2.30. The number of hydrogen-bond acceptors (Lipinski definition) is 8. The fourth-order valence-corrected chi connectivity index (χ4v) is 2.75. The Bertz CT molecular complexity index is 830. The summed E-state index contributed by atoms with van der Waals surface area (Å²) in [5, 5.41) is 0. The third kappa shape index (κ3) is 6.97. The maximum atomic E-state index is 13.2. The van der Waals surface area contributed by atoms with Crippen LogP contribution in [0.5, 0.6) is 5.88 Å². The van der Waals surface area contributed by atoms with Gasteiger partial charge in [-0.25, -0.2) is 9.59 Å². The maximum Gasteiger partial charge on any atom is 0.508 e. The van der Waals surface area contributed by atoms with Crippen LogP contribution >= 0.6 is 0 Å². The molecule has 1 amide bonds. The van der Waals surface area contributed by atoms with Crippen LogP contribution in [-0.2, 0) is 23.8 Å². The Labute approximate surface area is 182 Å². The van der Waals surface area contributed by atoms with Crippen LogP contribution in [0.4, 0.5) is 10.6 Å². The van der Waals surface area contributed by atoms with Gasteiger partial charge >= 0.3 is 12.1 Å². The highest BCUT2D eigenvalue weighted by atomic mass is 16.8. The van der Waals surface area contributed by atoms with Crippen LogP contribution in [0.25, 0.3) is 6.08 Å². The highest BCUT2D eigenvalue weighted by molar-refractivity contribution is 5.98. The molecule has 170 valence electrons. The number of esters is 1. The van der Waals surface area contributed by atoms with Crippen molar-refractivity contribution in [2.75, 3.05) is 31.8 Å². The predicted octanol–water partition coefficient (Wildman–Crippen LogP) is 3.36. The van der Waals surface area contributed by atoms with Crippen LogP contribution in [-0.4, -0.2) is 56.0 Å². The van der Waals surface area contributed by atoms with E-state index in [4.69, 9.17) is 18.9 Å². The third-order valence-electron chi connectivity index (χ3n) is 4.41. The molecule has 1 aliphatic rings. The number of methoxy groups -OCH3 is 1. The second kappa shape index (κ2) is 10.8. The van der Waals surface area contributed by atoms with Gasteiger partial charge in [-0.1, -0.05) is 34.1 Å². The average Bonchev–Trinajstić information content (AvgIpc) is 3.14. The van der Waals surface area contributed by atoms with Gasteiger partial charge in [0.2, 0.25) is 11.8 Å². The molecule has 2 rings (SSSR count). The first-order chi connectivity index (χ1) is 14.7. The second-order valence-corrected chi connectivity index (χ2v) is 8.09. The number of ether oxygens (including phenoxy) is 4. The van der Waals surface area contributed by atoms with Crippen molar-refractivity contribution in [3.05, 3.63) is 23.8 Å². The monoisotopic (exact) mass is 434 g/mol. The summed E-state index contributed by atoms with van der Waals surface area (Å²) in [6, 6.07) is 3.32. The summed E-state index contributed by atoms with van der Waals surface area (Å²) < 4.78 is 20.3. The lowest BCUT2D eigenvalue weighted by atomic mass is 9.94. The number of pyridine rings is 1. The average molecular weight is 434 g/mol. The summed E-state index contributed by atoms with van der Waals surface area (Å²) in [6.45, 7) is 7.76. The van der Waals surface area contributed by atoms with E-state index in [9.17, 15) is 14.4 Å². The molecule has 1 aromatic rings. The number of aromatic nitrogens is 1. The van der Waals surface area contributed by atoms with Gasteiger partial charge in [0, 0.05) is 23.1 Å². The topological polar surface area (TPSA) is 104 Å². The van der Waals surface area contributed by atoms with E-state index in [0.29, 0.717) is 18.1 Å². The van der Waals surface area contributed by atoms with Gasteiger partial charge in [-0.2, -0.15) is 4.98 Å². The molecule has 0 spiro atoms. The Morgan fingerprint density at radius 2 is 2.06 bits per heavy atom. The summed E-state index contributed by atoms with van der Waals surface area (Å²) in [7, 11) is 1.47. The van der Waals surface area contributed by atoms with Gasteiger partial charge in [0.15, 0.2) is 6.10 Å². The van der Waals surface area contributed by atoms with Crippen molar-refractivity contribution < 1.29 is 33.3 Å². The molecular weight excluding hydrogens is 404 g/mol. The third-order valence-corrected chi connectivity index (χ3v) is 4.41. The van der Waals surface area contributed by atoms with E-state index in [2.05, 4.69) is 4.98 Å². The highest BCUT2D eigenvalue weighted by Crippen LogP contribution is 2.29. The number of carbonyl (C=O) groups excluding carboxylic acids is 3. The van der Waals surface area contributed by atoms with Crippen molar-refractivity contribution in [1.29, 1.82) is 0 Å². The molecule has 1 aromatic heterocycles. The molecule has 1 aliphatic heterocycles. The zero-order valence-electron chi connectivity index (χ0n) is 18.7. The van der Waals surface area contributed by atoms with Gasteiger partial charge in [0.1, 0.15) is 12.4 Å². The number of nitrogens with zero attached hydrogens (tertiary/aromatic N) is 2. The van der Waals surface area contributed by atoms with Crippen LogP contribution in [0.3, 0.4) is 0 Å². The quantitative estimate of drug-likeness (QED) is 0.331. The van der Waals surface area contributed by atoms with Crippen molar-refractivity contribution in [1.82, 2.24) is 4.98 Å².